The van der Waals surface area contributed by atoms with Crippen molar-refractivity contribution in [2.75, 3.05) is 13.2 Å². The lowest BCUT2D eigenvalue weighted by Crippen LogP contribution is -2.62. The fourth-order valence-corrected chi connectivity index (χ4v) is 3.59. The molecule has 178 valence electrons. The van der Waals surface area contributed by atoms with Crippen LogP contribution in [-0.4, -0.2) is 110 Å². The van der Waals surface area contributed by atoms with Gasteiger partial charge in [-0.25, -0.2) is 0 Å². The molecule has 2 heterocycles. The Morgan fingerprint density at radius 3 is 2.19 bits per heavy atom. The van der Waals surface area contributed by atoms with Crippen LogP contribution in [0.5, 0.6) is 0 Å². The maximum absolute atomic E-state index is 10.6. The van der Waals surface area contributed by atoms with Gasteiger partial charge in [-0.3, -0.25) is 0 Å². The molecule has 1 aromatic carbocycles. The first kappa shape index (κ1) is 24.9. The zero-order valence-corrected chi connectivity index (χ0v) is 16.9. The number of rotatable bonds is 7. The molecule has 7 N–H and O–H groups in total. The molecule has 2 fully saturated rings. The molecule has 1 aromatic rings. The third-order valence-electron chi connectivity index (χ3n) is 5.45. The average molecular weight is 457 g/mol. The van der Waals surface area contributed by atoms with Gasteiger partial charge in [0, 0.05) is 0 Å². The minimum absolute atomic E-state index is 0.495. The van der Waals surface area contributed by atoms with Gasteiger partial charge in [0.15, 0.2) is 18.7 Å². The second-order valence-electron chi connectivity index (χ2n) is 7.60. The van der Waals surface area contributed by atoms with Gasteiger partial charge in [0.25, 0.3) is 0 Å². The summed E-state index contributed by atoms with van der Waals surface area (Å²) in [7, 11) is 0. The van der Waals surface area contributed by atoms with Gasteiger partial charge in [-0.05, 0) is 5.56 Å². The Bertz CT molecular complexity index is 760. The van der Waals surface area contributed by atoms with Crippen LogP contribution in [0.15, 0.2) is 30.3 Å². The third-order valence-corrected chi connectivity index (χ3v) is 5.45. The summed E-state index contributed by atoms with van der Waals surface area (Å²) >= 11 is 0. The number of ether oxygens (including phenoxy) is 4. The molecule has 3 rings (SSSR count). The summed E-state index contributed by atoms with van der Waals surface area (Å²) in [6, 6.07) is 10.4. The molecule has 0 amide bonds. The highest BCUT2D eigenvalue weighted by Crippen LogP contribution is 2.30. The standard InChI is InChI=1S/C20H27NO11/c21-6-10(9-4-2-1-3-5-9)30-18-11(7-22)32-20(17(27)15(18)25)29-8-12-13(23)14(24)16(26)19(28)31-12/h1-5,10-20,22-28H,7-8H2/t10-,11+,12+,13+,14-,15+,16+,17+,18+,19+,20+/m0/s1. The number of aliphatic hydroxyl groups is 7. The summed E-state index contributed by atoms with van der Waals surface area (Å²) in [6.07, 6.45) is -16.4. The van der Waals surface area contributed by atoms with Crippen LogP contribution in [0.3, 0.4) is 0 Å². The zero-order valence-electron chi connectivity index (χ0n) is 16.9. The largest absolute Gasteiger partial charge is 0.394 e. The molecule has 0 radical (unpaired) electrons. The van der Waals surface area contributed by atoms with Gasteiger partial charge in [-0.15, -0.1) is 0 Å². The number of benzene rings is 1. The normalized spacial score (nSPS) is 41.1. The summed E-state index contributed by atoms with van der Waals surface area (Å²) in [4.78, 5) is 0. The van der Waals surface area contributed by atoms with E-state index in [1.807, 2.05) is 6.07 Å². The Hall–Kier alpha value is -1.73. The van der Waals surface area contributed by atoms with Crippen molar-refractivity contribution in [2.24, 2.45) is 0 Å². The van der Waals surface area contributed by atoms with Crippen LogP contribution in [0.2, 0.25) is 0 Å². The molecule has 11 atom stereocenters. The van der Waals surface area contributed by atoms with Crippen LogP contribution in [0.25, 0.3) is 0 Å². The monoisotopic (exact) mass is 457 g/mol. The second kappa shape index (κ2) is 10.9. The van der Waals surface area contributed by atoms with Gasteiger partial charge >= 0.3 is 0 Å². The number of aliphatic hydroxyl groups excluding tert-OH is 7. The topological polar surface area (TPSA) is 202 Å². The van der Waals surface area contributed by atoms with Crippen molar-refractivity contribution in [1.29, 1.82) is 5.26 Å². The van der Waals surface area contributed by atoms with Crippen LogP contribution in [0.4, 0.5) is 0 Å². The van der Waals surface area contributed by atoms with Gasteiger partial charge in [0.1, 0.15) is 48.8 Å². The molecular formula is C20H27NO11. The first-order valence-electron chi connectivity index (χ1n) is 10.00. The summed E-state index contributed by atoms with van der Waals surface area (Å²) in [6.45, 7) is -1.13. The lowest BCUT2D eigenvalue weighted by atomic mass is 9.97. The van der Waals surface area contributed by atoms with Gasteiger partial charge in [0.2, 0.25) is 0 Å². The van der Waals surface area contributed by atoms with Crippen LogP contribution in [-0.2, 0) is 18.9 Å². The Labute approximate surface area is 183 Å². The molecule has 0 aliphatic carbocycles. The maximum Gasteiger partial charge on any atom is 0.186 e. The van der Waals surface area contributed by atoms with E-state index < -0.39 is 80.7 Å². The first-order valence-corrected chi connectivity index (χ1v) is 10.00. The Morgan fingerprint density at radius 1 is 0.875 bits per heavy atom. The molecule has 2 aliphatic rings. The highest BCUT2D eigenvalue weighted by Gasteiger charge is 2.48. The van der Waals surface area contributed by atoms with Crippen LogP contribution >= 0.6 is 0 Å². The SMILES string of the molecule is N#C[C@H](O[C@H]1[C@H](O)[C@@H](O)[C@H](OC[C@H]2O[C@@H](O)[C@H](O)[C@@H](O)[C@@H]2O)O[C@@H]1CO)c1ccccc1. The van der Waals surface area contributed by atoms with Crippen molar-refractivity contribution in [3.8, 4) is 6.07 Å². The highest BCUT2D eigenvalue weighted by atomic mass is 16.7. The quantitative estimate of drug-likeness (QED) is 0.218. The molecule has 0 unspecified atom stereocenters. The van der Waals surface area contributed by atoms with Crippen LogP contribution in [0.1, 0.15) is 11.7 Å². The van der Waals surface area contributed by atoms with Gasteiger partial charge in [0.05, 0.1) is 19.3 Å². The van der Waals surface area contributed by atoms with E-state index in [1.54, 1.807) is 30.3 Å². The fraction of sp³-hybridized carbons (Fsp3) is 0.650. The van der Waals surface area contributed by atoms with Gasteiger partial charge < -0.3 is 54.7 Å². The first-order chi connectivity index (χ1) is 15.3. The second-order valence-corrected chi connectivity index (χ2v) is 7.60. The van der Waals surface area contributed by atoms with E-state index in [0.717, 1.165) is 0 Å². The van der Waals surface area contributed by atoms with E-state index in [4.69, 9.17) is 18.9 Å². The Morgan fingerprint density at radius 2 is 1.56 bits per heavy atom. The molecule has 12 heteroatoms. The molecule has 2 saturated heterocycles. The minimum atomic E-state index is -1.77. The average Bonchev–Trinajstić information content (AvgIpc) is 2.81. The summed E-state index contributed by atoms with van der Waals surface area (Å²) in [5, 5.41) is 79.0. The lowest BCUT2D eigenvalue weighted by Gasteiger charge is -2.43. The summed E-state index contributed by atoms with van der Waals surface area (Å²) in [5.74, 6) is 0. The van der Waals surface area contributed by atoms with E-state index in [2.05, 4.69) is 0 Å². The Kier molecular flexibility index (Phi) is 8.50. The summed E-state index contributed by atoms with van der Waals surface area (Å²) < 4.78 is 21.5. The van der Waals surface area contributed by atoms with E-state index in [9.17, 15) is 41.0 Å². The van der Waals surface area contributed by atoms with Crippen molar-refractivity contribution in [3.05, 3.63) is 35.9 Å². The maximum atomic E-state index is 10.6. The van der Waals surface area contributed by atoms with Crippen molar-refractivity contribution in [3.63, 3.8) is 0 Å². The molecule has 0 spiro atoms. The third kappa shape index (κ3) is 5.25. The number of hydrogen-bond acceptors (Lipinski definition) is 12. The molecule has 32 heavy (non-hydrogen) atoms. The zero-order chi connectivity index (χ0) is 23.4. The predicted octanol–water partition coefficient (Wildman–Crippen LogP) is -3.11. The number of nitrogens with zero attached hydrogens (tertiary/aromatic N) is 1. The Balaban J connectivity index is 1.64. The highest BCUT2D eigenvalue weighted by molar-refractivity contribution is 5.22. The minimum Gasteiger partial charge on any atom is -0.394 e. The van der Waals surface area contributed by atoms with Gasteiger partial charge in [-0.1, -0.05) is 30.3 Å². The lowest BCUT2D eigenvalue weighted by molar-refractivity contribution is -0.331. The van der Waals surface area contributed by atoms with E-state index in [0.29, 0.717) is 5.56 Å². The summed E-state index contributed by atoms with van der Waals surface area (Å²) in [5.41, 5.74) is 0.509. The number of nitriles is 1. The number of hydrogen-bond donors (Lipinski definition) is 7. The van der Waals surface area contributed by atoms with Crippen molar-refractivity contribution in [2.45, 2.75) is 67.5 Å². The van der Waals surface area contributed by atoms with Crippen LogP contribution < -0.4 is 0 Å². The molecular weight excluding hydrogens is 430 g/mol. The fourth-order valence-electron chi connectivity index (χ4n) is 3.59. The van der Waals surface area contributed by atoms with Crippen molar-refractivity contribution >= 4 is 0 Å². The smallest absolute Gasteiger partial charge is 0.186 e. The van der Waals surface area contributed by atoms with Crippen LogP contribution in [0, 0.1) is 11.3 Å². The molecule has 0 saturated carbocycles. The van der Waals surface area contributed by atoms with Crippen molar-refractivity contribution in [1.82, 2.24) is 0 Å². The molecule has 0 aromatic heterocycles. The van der Waals surface area contributed by atoms with E-state index >= 15 is 0 Å². The van der Waals surface area contributed by atoms with E-state index in [-0.39, 0.29) is 0 Å². The van der Waals surface area contributed by atoms with Gasteiger partial charge in [-0.2, -0.15) is 5.26 Å². The molecule has 12 nitrogen and oxygen atoms in total. The molecule has 2 aliphatic heterocycles. The predicted molar refractivity (Wildman–Crippen MR) is 102 cm³/mol. The molecule has 0 bridgehead atoms. The van der Waals surface area contributed by atoms with Crippen molar-refractivity contribution < 1.29 is 54.7 Å². The van der Waals surface area contributed by atoms with E-state index in [1.165, 1.54) is 0 Å².